The second-order valence-electron chi connectivity index (χ2n) is 11.5. The Morgan fingerprint density at radius 2 is 1.56 bits per heavy atom. The number of nitrogens with zero attached hydrogens (tertiary/aromatic N) is 2. The van der Waals surface area contributed by atoms with Crippen LogP contribution in [0.2, 0.25) is 0 Å². The number of hydrogen-bond donors (Lipinski definition) is 0. The predicted octanol–water partition coefficient (Wildman–Crippen LogP) is 7.24. The van der Waals surface area contributed by atoms with Crippen LogP contribution in [0.5, 0.6) is 0 Å². The van der Waals surface area contributed by atoms with Crippen molar-refractivity contribution in [1.82, 2.24) is 4.90 Å². The minimum atomic E-state index is -0.486. The highest BCUT2D eigenvalue weighted by molar-refractivity contribution is 6.09. The van der Waals surface area contributed by atoms with Gasteiger partial charge in [0.2, 0.25) is 0 Å². The fourth-order valence-electron chi connectivity index (χ4n) is 5.34. The van der Waals surface area contributed by atoms with Gasteiger partial charge in [-0.15, -0.1) is 0 Å². The Bertz CT molecular complexity index is 1410. The third kappa shape index (κ3) is 5.90. The molecule has 1 amide bonds. The number of carbonyl (C=O) groups excluding carboxylic acids is 2. The summed E-state index contributed by atoms with van der Waals surface area (Å²) in [4.78, 5) is 31.8. The van der Waals surface area contributed by atoms with Crippen molar-refractivity contribution >= 4 is 23.5 Å². The quantitative estimate of drug-likeness (QED) is 0.337. The fourth-order valence-corrected chi connectivity index (χ4v) is 5.34. The number of amides is 1. The summed E-state index contributed by atoms with van der Waals surface area (Å²) in [5.41, 5.74) is 8.49. The van der Waals surface area contributed by atoms with Gasteiger partial charge in [-0.1, -0.05) is 54.1 Å². The van der Waals surface area contributed by atoms with Gasteiger partial charge in [-0.25, -0.2) is 9.59 Å². The molecular formula is C33H36N2O4. The normalized spacial score (nSPS) is 15.5. The molecule has 5 rings (SSSR count). The average molecular weight is 525 g/mol. The van der Waals surface area contributed by atoms with Gasteiger partial charge in [-0.2, -0.15) is 0 Å². The second kappa shape index (κ2) is 10.7. The Balaban J connectivity index is 1.38. The van der Waals surface area contributed by atoms with Crippen LogP contribution >= 0.6 is 0 Å². The molecule has 1 saturated heterocycles. The number of benzene rings is 3. The summed E-state index contributed by atoms with van der Waals surface area (Å²) in [6, 6.07) is 20.8. The van der Waals surface area contributed by atoms with Crippen LogP contribution in [0.4, 0.5) is 10.5 Å². The minimum absolute atomic E-state index is 0.235. The number of piperidine rings is 1. The lowest BCUT2D eigenvalue weighted by atomic mass is 9.88. The molecular weight excluding hydrogens is 488 g/mol. The van der Waals surface area contributed by atoms with Crippen molar-refractivity contribution in [3.63, 3.8) is 0 Å². The van der Waals surface area contributed by atoms with Gasteiger partial charge in [0, 0.05) is 25.1 Å². The summed E-state index contributed by atoms with van der Waals surface area (Å²) in [6.07, 6.45) is 2.23. The molecule has 0 N–H and O–H groups in total. The van der Waals surface area contributed by atoms with Gasteiger partial charge in [-0.3, -0.25) is 4.99 Å². The molecule has 6 nitrogen and oxygen atoms in total. The van der Waals surface area contributed by atoms with Crippen LogP contribution in [-0.2, 0) is 15.9 Å². The van der Waals surface area contributed by atoms with Gasteiger partial charge in [0.1, 0.15) is 5.60 Å². The fraction of sp³-hybridized carbons (Fsp3) is 0.364. The average Bonchev–Trinajstić information content (AvgIpc) is 3.36. The summed E-state index contributed by atoms with van der Waals surface area (Å²) in [5, 5.41) is 0. The molecule has 202 valence electrons. The minimum Gasteiger partial charge on any atom is -0.465 e. The van der Waals surface area contributed by atoms with Crippen LogP contribution < -0.4 is 0 Å². The summed E-state index contributed by atoms with van der Waals surface area (Å²) in [5.74, 6) is 0.0345. The van der Waals surface area contributed by atoms with E-state index in [0.717, 1.165) is 46.5 Å². The number of aryl methyl sites for hydroxylation is 1. The summed E-state index contributed by atoms with van der Waals surface area (Å²) in [6.45, 7) is 9.13. The van der Waals surface area contributed by atoms with Crippen molar-refractivity contribution in [2.45, 2.75) is 58.5 Å². The lowest BCUT2D eigenvalue weighted by molar-refractivity contribution is 0.0204. The van der Waals surface area contributed by atoms with Crippen molar-refractivity contribution in [2.24, 2.45) is 4.99 Å². The highest BCUT2D eigenvalue weighted by atomic mass is 16.6. The first-order valence-electron chi connectivity index (χ1n) is 13.6. The first kappa shape index (κ1) is 26.7. The second-order valence-corrected chi connectivity index (χ2v) is 11.5. The first-order valence-corrected chi connectivity index (χ1v) is 13.6. The van der Waals surface area contributed by atoms with Crippen LogP contribution in [0.25, 0.3) is 11.1 Å². The van der Waals surface area contributed by atoms with E-state index in [2.05, 4.69) is 55.5 Å². The zero-order valence-corrected chi connectivity index (χ0v) is 23.4. The third-order valence-electron chi connectivity index (χ3n) is 7.44. The Morgan fingerprint density at radius 3 is 2.18 bits per heavy atom. The summed E-state index contributed by atoms with van der Waals surface area (Å²) in [7, 11) is 1.41. The van der Waals surface area contributed by atoms with Crippen LogP contribution in [0.15, 0.2) is 65.7 Å². The Labute approximate surface area is 230 Å². The topological polar surface area (TPSA) is 68.2 Å². The maximum absolute atomic E-state index is 12.5. The number of methoxy groups -OCH3 is 1. The molecule has 3 aromatic rings. The summed E-state index contributed by atoms with van der Waals surface area (Å²) >= 11 is 0. The van der Waals surface area contributed by atoms with Crippen LogP contribution in [0.1, 0.15) is 72.1 Å². The van der Waals surface area contributed by atoms with E-state index in [1.165, 1.54) is 18.2 Å². The van der Waals surface area contributed by atoms with E-state index >= 15 is 0 Å². The molecule has 0 aliphatic carbocycles. The van der Waals surface area contributed by atoms with E-state index in [1.54, 1.807) is 4.90 Å². The Morgan fingerprint density at radius 1 is 0.923 bits per heavy atom. The lowest BCUT2D eigenvalue weighted by Crippen LogP contribution is -2.41. The number of esters is 1. The van der Waals surface area contributed by atoms with Crippen molar-refractivity contribution in [3.8, 4) is 11.1 Å². The molecule has 0 spiro atoms. The van der Waals surface area contributed by atoms with Crippen molar-refractivity contribution in [1.29, 1.82) is 0 Å². The first-order chi connectivity index (χ1) is 18.6. The molecule has 39 heavy (non-hydrogen) atoms. The monoisotopic (exact) mass is 524 g/mol. The maximum Gasteiger partial charge on any atom is 0.410 e. The summed E-state index contributed by atoms with van der Waals surface area (Å²) < 4.78 is 10.6. The Hall–Kier alpha value is -3.93. The van der Waals surface area contributed by atoms with Gasteiger partial charge < -0.3 is 14.4 Å². The number of rotatable bonds is 4. The number of fused-ring (bicyclic) bond motifs is 1. The molecule has 0 atom stereocenters. The van der Waals surface area contributed by atoms with Gasteiger partial charge in [0.05, 0.1) is 24.1 Å². The van der Waals surface area contributed by atoms with E-state index in [9.17, 15) is 9.59 Å². The third-order valence-corrected chi connectivity index (χ3v) is 7.44. The van der Waals surface area contributed by atoms with E-state index in [-0.39, 0.29) is 12.1 Å². The van der Waals surface area contributed by atoms with Crippen molar-refractivity contribution in [3.05, 3.63) is 88.5 Å². The highest BCUT2D eigenvalue weighted by Crippen LogP contribution is 2.40. The van der Waals surface area contributed by atoms with Crippen LogP contribution in [0.3, 0.4) is 0 Å². The largest absolute Gasteiger partial charge is 0.465 e. The molecule has 0 saturated carbocycles. The van der Waals surface area contributed by atoms with Gasteiger partial charge in [0.25, 0.3) is 0 Å². The van der Waals surface area contributed by atoms with Crippen molar-refractivity contribution in [2.75, 3.05) is 20.2 Å². The zero-order valence-electron chi connectivity index (χ0n) is 23.4. The molecule has 6 heteroatoms. The number of aliphatic imine (C=N–C) groups is 1. The standard InChI is InChI=1S/C33H36N2O4/c1-21-6-8-25(9-7-21)29-20-26-18-27(31(36)38-5)19-28(30(26)34-29)24-12-10-22(11-13-24)23-14-16-35(17-15-23)32(37)39-33(2,3)4/h6-13,18-19,23H,14-17,20H2,1-5H3. The SMILES string of the molecule is COC(=O)c1cc2c(c(-c3ccc(C4CCN(C(=O)OC(C)(C)C)CC4)cc3)c1)N=C(c1ccc(C)cc1)C2. The Kier molecular flexibility index (Phi) is 7.30. The predicted molar refractivity (Wildman–Crippen MR) is 154 cm³/mol. The maximum atomic E-state index is 12.5. The molecule has 3 aromatic carbocycles. The van der Waals surface area contributed by atoms with Gasteiger partial charge >= 0.3 is 12.1 Å². The van der Waals surface area contributed by atoms with Gasteiger partial charge in [0.15, 0.2) is 0 Å². The molecule has 1 fully saturated rings. The highest BCUT2D eigenvalue weighted by Gasteiger charge is 2.28. The van der Waals surface area contributed by atoms with Crippen molar-refractivity contribution < 1.29 is 19.1 Å². The van der Waals surface area contributed by atoms with Gasteiger partial charge in [-0.05, 0) is 80.8 Å². The molecule has 2 aliphatic heterocycles. The lowest BCUT2D eigenvalue weighted by Gasteiger charge is -2.33. The van der Waals surface area contributed by atoms with E-state index in [1.807, 2.05) is 32.9 Å². The molecule has 0 aromatic heterocycles. The molecule has 0 radical (unpaired) electrons. The molecule has 0 bridgehead atoms. The van der Waals surface area contributed by atoms with Crippen LogP contribution in [0, 0.1) is 6.92 Å². The molecule has 2 heterocycles. The van der Waals surface area contributed by atoms with E-state index in [4.69, 9.17) is 14.5 Å². The van der Waals surface area contributed by atoms with Crippen LogP contribution in [-0.4, -0.2) is 48.5 Å². The number of carbonyl (C=O) groups is 2. The zero-order chi connectivity index (χ0) is 27.7. The number of likely N-dealkylation sites (tertiary alicyclic amines) is 1. The number of hydrogen-bond acceptors (Lipinski definition) is 5. The van der Waals surface area contributed by atoms with E-state index < -0.39 is 5.60 Å². The molecule has 0 unspecified atom stereocenters. The smallest absolute Gasteiger partial charge is 0.410 e. The number of ether oxygens (including phenoxy) is 2. The van der Waals surface area contributed by atoms with E-state index in [0.29, 0.717) is 31.0 Å². The molecule has 2 aliphatic rings.